The highest BCUT2D eigenvalue weighted by Crippen LogP contribution is 2.25. The zero-order valence-corrected chi connectivity index (χ0v) is 13.8. The quantitative estimate of drug-likeness (QED) is 0.675. The Kier molecular flexibility index (Phi) is 5.01. The number of hydrogen-bond acceptors (Lipinski definition) is 5. The molecule has 7 heteroatoms. The summed E-state index contributed by atoms with van der Waals surface area (Å²) < 4.78 is 30.9. The van der Waals surface area contributed by atoms with Gasteiger partial charge >= 0.3 is 5.97 Å². The number of carbonyl (C=O) groups excluding carboxylic acids is 1. The number of ether oxygens (including phenoxy) is 1. The molecule has 1 rings (SSSR count). The van der Waals surface area contributed by atoms with Crippen LogP contribution in [0.5, 0.6) is 0 Å². The third-order valence-corrected chi connectivity index (χ3v) is 4.69. The first-order chi connectivity index (χ1) is 9.49. The van der Waals surface area contributed by atoms with Crippen molar-refractivity contribution in [3.63, 3.8) is 0 Å². The fraction of sp³-hybridized carbons (Fsp3) is 0.500. The van der Waals surface area contributed by atoms with Gasteiger partial charge in [-0.3, -0.25) is 0 Å². The Morgan fingerprint density at radius 2 is 1.90 bits per heavy atom. The topological polar surface area (TPSA) is 89.7 Å². The second kappa shape index (κ2) is 6.03. The van der Waals surface area contributed by atoms with Crippen LogP contribution in [0.15, 0.2) is 23.1 Å². The average molecular weight is 314 g/mol. The minimum absolute atomic E-state index is 0.0121. The molecule has 0 aromatic heterocycles. The molecule has 0 aliphatic rings. The first kappa shape index (κ1) is 17.5. The minimum atomic E-state index is -3.70. The first-order valence-electron chi connectivity index (χ1n) is 6.43. The number of nitrogens with two attached hydrogens (primary N) is 1. The Balaban J connectivity index is 3.18. The zero-order valence-electron chi connectivity index (χ0n) is 13.0. The highest BCUT2D eigenvalue weighted by Gasteiger charge is 2.27. The van der Waals surface area contributed by atoms with Crippen molar-refractivity contribution in [2.45, 2.75) is 25.7 Å². The van der Waals surface area contributed by atoms with Gasteiger partial charge in [0.2, 0.25) is 10.0 Å². The Morgan fingerprint density at radius 3 is 2.33 bits per heavy atom. The van der Waals surface area contributed by atoms with E-state index in [0.29, 0.717) is 6.54 Å². The van der Waals surface area contributed by atoms with E-state index < -0.39 is 16.0 Å². The lowest BCUT2D eigenvalue weighted by Gasteiger charge is -2.26. The van der Waals surface area contributed by atoms with E-state index in [1.165, 1.54) is 36.7 Å². The zero-order chi connectivity index (χ0) is 16.4. The molecule has 0 bridgehead atoms. The number of nitrogens with zero attached hydrogens (tertiary/aromatic N) is 1. The van der Waals surface area contributed by atoms with Crippen molar-refractivity contribution in [1.82, 2.24) is 4.31 Å². The summed E-state index contributed by atoms with van der Waals surface area (Å²) in [4.78, 5) is 11.4. The van der Waals surface area contributed by atoms with E-state index in [1.54, 1.807) is 0 Å². The van der Waals surface area contributed by atoms with E-state index in [-0.39, 0.29) is 21.6 Å². The summed E-state index contributed by atoms with van der Waals surface area (Å²) >= 11 is 0. The van der Waals surface area contributed by atoms with Crippen LogP contribution in [0.1, 0.15) is 31.1 Å². The molecule has 2 N–H and O–H groups in total. The molecule has 0 fully saturated rings. The molecule has 0 unspecified atom stereocenters. The van der Waals surface area contributed by atoms with Gasteiger partial charge in [0.1, 0.15) is 4.90 Å². The molecule has 1 aromatic rings. The Morgan fingerprint density at radius 1 is 1.33 bits per heavy atom. The average Bonchev–Trinajstić information content (AvgIpc) is 2.35. The van der Waals surface area contributed by atoms with Gasteiger partial charge in [-0.25, -0.2) is 17.5 Å². The second-order valence-electron chi connectivity index (χ2n) is 6.07. The molecule has 0 aliphatic carbocycles. The van der Waals surface area contributed by atoms with E-state index in [9.17, 15) is 13.2 Å². The molecule has 0 amide bonds. The second-order valence-corrected chi connectivity index (χ2v) is 8.08. The van der Waals surface area contributed by atoms with E-state index in [0.717, 1.165) is 0 Å². The van der Waals surface area contributed by atoms with E-state index in [4.69, 9.17) is 5.73 Å². The van der Waals surface area contributed by atoms with Crippen LogP contribution in [0.3, 0.4) is 0 Å². The molecule has 0 saturated heterocycles. The van der Waals surface area contributed by atoms with Crippen LogP contribution >= 0.6 is 0 Å². The largest absolute Gasteiger partial charge is 0.465 e. The lowest BCUT2D eigenvalue weighted by molar-refractivity contribution is 0.0600. The summed E-state index contributed by atoms with van der Waals surface area (Å²) in [5.41, 5.74) is 5.85. The Hall–Kier alpha value is -1.60. The molecule has 0 aliphatic heterocycles. The van der Waals surface area contributed by atoms with Gasteiger partial charge in [0.25, 0.3) is 0 Å². The van der Waals surface area contributed by atoms with Gasteiger partial charge < -0.3 is 10.5 Å². The molecule has 21 heavy (non-hydrogen) atoms. The molecule has 0 saturated carbocycles. The summed E-state index contributed by atoms with van der Waals surface area (Å²) in [6, 6.07) is 4.03. The number of hydrogen-bond donors (Lipinski definition) is 1. The minimum Gasteiger partial charge on any atom is -0.465 e. The predicted molar refractivity (Wildman–Crippen MR) is 81.5 cm³/mol. The smallest absolute Gasteiger partial charge is 0.337 e. The molecule has 0 radical (unpaired) electrons. The molecule has 0 heterocycles. The molecule has 1 aromatic carbocycles. The summed E-state index contributed by atoms with van der Waals surface area (Å²) in [6.45, 7) is 6.20. The normalized spacial score (nSPS) is 12.5. The van der Waals surface area contributed by atoms with Gasteiger partial charge in [0, 0.05) is 13.6 Å². The number of carbonyl (C=O) groups is 1. The highest BCUT2D eigenvalue weighted by atomic mass is 32.2. The third kappa shape index (κ3) is 4.18. The van der Waals surface area contributed by atoms with Crippen LogP contribution in [0.25, 0.3) is 0 Å². The van der Waals surface area contributed by atoms with Crippen molar-refractivity contribution < 1.29 is 17.9 Å². The van der Waals surface area contributed by atoms with Crippen LogP contribution in [0.2, 0.25) is 0 Å². The monoisotopic (exact) mass is 314 g/mol. The van der Waals surface area contributed by atoms with Crippen LogP contribution in [0, 0.1) is 5.41 Å². The summed E-state index contributed by atoms with van der Waals surface area (Å²) in [7, 11) is -0.937. The standard InChI is InChI=1S/C14H22N2O4S/c1-14(2,3)9-16(4)21(18,19)12-7-6-10(8-11(12)15)13(17)20-5/h6-8H,9,15H2,1-5H3. The summed E-state index contributed by atoms with van der Waals surface area (Å²) in [5.74, 6) is -0.561. The molecular formula is C14H22N2O4S. The van der Waals surface area contributed by atoms with E-state index in [1.807, 2.05) is 20.8 Å². The number of methoxy groups -OCH3 is 1. The lowest BCUT2D eigenvalue weighted by atomic mass is 9.97. The predicted octanol–water partition coefficient (Wildman–Crippen LogP) is 1.72. The van der Waals surface area contributed by atoms with Crippen molar-refractivity contribution in [3.05, 3.63) is 23.8 Å². The van der Waals surface area contributed by atoms with Gasteiger partial charge in [0.05, 0.1) is 18.4 Å². The van der Waals surface area contributed by atoms with Gasteiger partial charge in [-0.2, -0.15) is 0 Å². The van der Waals surface area contributed by atoms with E-state index >= 15 is 0 Å². The first-order valence-corrected chi connectivity index (χ1v) is 7.87. The summed E-state index contributed by atoms with van der Waals surface area (Å²) in [5, 5.41) is 0. The SMILES string of the molecule is COC(=O)c1ccc(S(=O)(=O)N(C)CC(C)(C)C)c(N)c1. The molecule has 6 nitrogen and oxygen atoms in total. The molecule has 118 valence electrons. The number of nitrogen functional groups attached to an aromatic ring is 1. The van der Waals surface area contributed by atoms with Gasteiger partial charge in [0.15, 0.2) is 0 Å². The van der Waals surface area contributed by atoms with Gasteiger partial charge in [-0.1, -0.05) is 20.8 Å². The lowest BCUT2D eigenvalue weighted by Crippen LogP contribution is -2.34. The van der Waals surface area contributed by atoms with E-state index in [2.05, 4.69) is 4.74 Å². The molecule has 0 atom stereocenters. The fourth-order valence-electron chi connectivity index (χ4n) is 1.95. The number of esters is 1. The van der Waals surface area contributed by atoms with Crippen molar-refractivity contribution in [1.29, 1.82) is 0 Å². The number of sulfonamides is 1. The maximum Gasteiger partial charge on any atom is 0.337 e. The Bertz CT molecular complexity index is 633. The van der Waals surface area contributed by atoms with Crippen LogP contribution < -0.4 is 5.73 Å². The number of benzene rings is 1. The van der Waals surface area contributed by atoms with Crippen molar-refractivity contribution in [2.75, 3.05) is 26.4 Å². The van der Waals surface area contributed by atoms with Gasteiger partial charge in [-0.05, 0) is 23.6 Å². The van der Waals surface area contributed by atoms with Crippen LogP contribution in [0.4, 0.5) is 5.69 Å². The number of anilines is 1. The maximum absolute atomic E-state index is 12.5. The van der Waals surface area contributed by atoms with Crippen molar-refractivity contribution >= 4 is 21.7 Å². The van der Waals surface area contributed by atoms with Crippen LogP contribution in [-0.4, -0.2) is 39.4 Å². The summed E-state index contributed by atoms with van der Waals surface area (Å²) in [6.07, 6.45) is 0. The van der Waals surface area contributed by atoms with Crippen LogP contribution in [-0.2, 0) is 14.8 Å². The fourth-order valence-corrected chi connectivity index (χ4v) is 3.44. The van der Waals surface area contributed by atoms with Crippen molar-refractivity contribution in [3.8, 4) is 0 Å². The van der Waals surface area contributed by atoms with Gasteiger partial charge in [-0.15, -0.1) is 0 Å². The third-order valence-electron chi connectivity index (χ3n) is 2.82. The maximum atomic E-state index is 12.5. The number of rotatable bonds is 4. The highest BCUT2D eigenvalue weighted by molar-refractivity contribution is 7.89. The molecular weight excluding hydrogens is 292 g/mol. The molecule has 0 spiro atoms. The van der Waals surface area contributed by atoms with Crippen molar-refractivity contribution in [2.24, 2.45) is 5.41 Å². The Labute approximate surface area is 125 Å².